The van der Waals surface area contributed by atoms with Crippen molar-refractivity contribution in [1.82, 2.24) is 19.7 Å². The molecule has 0 unspecified atom stereocenters. The maximum absolute atomic E-state index is 12.7. The molecule has 1 amide bonds. The molecule has 4 rings (SSSR count). The van der Waals surface area contributed by atoms with Gasteiger partial charge in [0, 0.05) is 38.9 Å². The Kier molecular flexibility index (Phi) is 4.17. The van der Waals surface area contributed by atoms with Gasteiger partial charge in [0.1, 0.15) is 5.69 Å². The molecular formula is C18H21N5OS. The molecule has 3 heterocycles. The molecule has 7 heteroatoms. The van der Waals surface area contributed by atoms with Gasteiger partial charge in [0.2, 0.25) is 0 Å². The molecule has 0 bridgehead atoms. The van der Waals surface area contributed by atoms with Gasteiger partial charge in [-0.15, -0.1) is 0 Å². The summed E-state index contributed by atoms with van der Waals surface area (Å²) in [7, 11) is 0. The molecule has 6 nitrogen and oxygen atoms in total. The number of aromatic nitrogens is 3. The lowest BCUT2D eigenvalue weighted by Gasteiger charge is -2.34. The minimum Gasteiger partial charge on any atom is -0.345 e. The van der Waals surface area contributed by atoms with Gasteiger partial charge in [0.05, 0.1) is 10.2 Å². The van der Waals surface area contributed by atoms with Crippen LogP contribution in [0.1, 0.15) is 23.0 Å². The van der Waals surface area contributed by atoms with Gasteiger partial charge in [-0.25, -0.2) is 4.98 Å². The number of hydrogen-bond donors (Lipinski definition) is 0. The molecule has 3 aromatic rings. The number of fused-ring (bicyclic) bond motifs is 1. The Bertz CT molecular complexity index is 907. The number of amides is 1. The van der Waals surface area contributed by atoms with Crippen LogP contribution in [0, 0.1) is 6.92 Å². The topological polar surface area (TPSA) is 54.3 Å². The molecule has 0 atom stereocenters. The lowest BCUT2D eigenvalue weighted by molar-refractivity contribution is 0.0734. The van der Waals surface area contributed by atoms with Gasteiger partial charge in [-0.2, -0.15) is 5.10 Å². The van der Waals surface area contributed by atoms with Crippen molar-refractivity contribution in [2.45, 2.75) is 20.4 Å². The predicted molar refractivity (Wildman–Crippen MR) is 100 cm³/mol. The van der Waals surface area contributed by atoms with E-state index in [0.29, 0.717) is 25.3 Å². The lowest BCUT2D eigenvalue weighted by atomic mass is 10.2. The fourth-order valence-electron chi connectivity index (χ4n) is 3.18. The van der Waals surface area contributed by atoms with Crippen LogP contribution in [0.3, 0.4) is 0 Å². The molecule has 0 aliphatic carbocycles. The Morgan fingerprint density at radius 1 is 1.20 bits per heavy atom. The van der Waals surface area contributed by atoms with Crippen molar-refractivity contribution in [3.63, 3.8) is 0 Å². The quantitative estimate of drug-likeness (QED) is 0.725. The van der Waals surface area contributed by atoms with Crippen LogP contribution in [0.5, 0.6) is 0 Å². The number of piperazine rings is 1. The summed E-state index contributed by atoms with van der Waals surface area (Å²) in [5.41, 5.74) is 2.98. The molecule has 2 aromatic heterocycles. The Balaban J connectivity index is 1.46. The van der Waals surface area contributed by atoms with Gasteiger partial charge >= 0.3 is 0 Å². The molecule has 130 valence electrons. The third kappa shape index (κ3) is 3.00. The van der Waals surface area contributed by atoms with Crippen LogP contribution in [0.4, 0.5) is 5.13 Å². The Morgan fingerprint density at radius 2 is 2.00 bits per heavy atom. The van der Waals surface area contributed by atoms with Crippen LogP contribution in [-0.4, -0.2) is 51.8 Å². The number of rotatable bonds is 3. The van der Waals surface area contributed by atoms with Crippen LogP contribution >= 0.6 is 11.3 Å². The number of carbonyl (C=O) groups excluding carboxylic acids is 1. The largest absolute Gasteiger partial charge is 0.345 e. The number of nitrogens with zero attached hydrogens (tertiary/aromatic N) is 5. The first-order valence-corrected chi connectivity index (χ1v) is 9.40. The molecule has 0 spiro atoms. The normalized spacial score (nSPS) is 15.1. The van der Waals surface area contributed by atoms with Gasteiger partial charge in [-0.05, 0) is 37.6 Å². The molecule has 1 saturated heterocycles. The van der Waals surface area contributed by atoms with Crippen molar-refractivity contribution in [2.75, 3.05) is 31.1 Å². The molecule has 25 heavy (non-hydrogen) atoms. The van der Waals surface area contributed by atoms with Crippen molar-refractivity contribution < 1.29 is 4.79 Å². The summed E-state index contributed by atoms with van der Waals surface area (Å²) in [5.74, 6) is 0.0684. The van der Waals surface area contributed by atoms with E-state index in [4.69, 9.17) is 4.98 Å². The second-order valence-electron chi connectivity index (χ2n) is 6.28. The summed E-state index contributed by atoms with van der Waals surface area (Å²) in [6.45, 7) is 7.85. The molecule has 1 aliphatic heterocycles. The first-order chi connectivity index (χ1) is 12.2. The van der Waals surface area contributed by atoms with E-state index < -0.39 is 0 Å². The molecule has 1 aliphatic rings. The maximum Gasteiger partial charge on any atom is 0.272 e. The Morgan fingerprint density at radius 3 is 2.76 bits per heavy atom. The highest BCUT2D eigenvalue weighted by molar-refractivity contribution is 7.22. The minimum absolute atomic E-state index is 0.0684. The summed E-state index contributed by atoms with van der Waals surface area (Å²) < 4.78 is 2.98. The van der Waals surface area contributed by atoms with E-state index in [0.717, 1.165) is 23.7 Å². The van der Waals surface area contributed by atoms with Crippen molar-refractivity contribution in [1.29, 1.82) is 0 Å². The smallest absolute Gasteiger partial charge is 0.272 e. The van der Waals surface area contributed by atoms with Crippen molar-refractivity contribution >= 4 is 32.6 Å². The van der Waals surface area contributed by atoms with Crippen molar-refractivity contribution in [2.24, 2.45) is 0 Å². The van der Waals surface area contributed by atoms with E-state index in [-0.39, 0.29) is 5.91 Å². The number of anilines is 1. The zero-order chi connectivity index (χ0) is 17.4. The Labute approximate surface area is 150 Å². The molecule has 1 fully saturated rings. The van der Waals surface area contributed by atoms with Gasteiger partial charge in [-0.1, -0.05) is 17.4 Å². The second-order valence-corrected chi connectivity index (χ2v) is 7.29. The van der Waals surface area contributed by atoms with Crippen LogP contribution in [-0.2, 0) is 6.54 Å². The first-order valence-electron chi connectivity index (χ1n) is 8.59. The van der Waals surface area contributed by atoms with E-state index >= 15 is 0 Å². The molecule has 0 N–H and O–H groups in total. The fourth-order valence-corrected chi connectivity index (χ4v) is 4.30. The van der Waals surface area contributed by atoms with Gasteiger partial charge in [-0.3, -0.25) is 9.48 Å². The number of thiazole rings is 1. The average Bonchev–Trinajstić information content (AvgIpc) is 3.27. The Hall–Kier alpha value is -2.41. The minimum atomic E-state index is 0.0684. The number of benzene rings is 1. The zero-order valence-electron chi connectivity index (χ0n) is 14.5. The summed E-state index contributed by atoms with van der Waals surface area (Å²) in [6, 6.07) is 8.16. The third-order valence-corrected chi connectivity index (χ3v) is 5.68. The number of aryl methyl sites for hydroxylation is 2. The van der Waals surface area contributed by atoms with E-state index in [9.17, 15) is 4.79 Å². The highest BCUT2D eigenvalue weighted by atomic mass is 32.1. The van der Waals surface area contributed by atoms with Gasteiger partial charge < -0.3 is 9.80 Å². The molecule has 1 aromatic carbocycles. The fraction of sp³-hybridized carbons (Fsp3) is 0.389. The van der Waals surface area contributed by atoms with E-state index in [1.54, 1.807) is 28.3 Å². The SMILES string of the molecule is CCn1nccc1C(=O)N1CCN(c2nc3ccc(C)cc3s2)CC1. The van der Waals surface area contributed by atoms with Crippen LogP contribution in [0.25, 0.3) is 10.2 Å². The van der Waals surface area contributed by atoms with E-state index in [1.165, 1.54) is 10.3 Å². The van der Waals surface area contributed by atoms with Gasteiger partial charge in [0.15, 0.2) is 5.13 Å². The van der Waals surface area contributed by atoms with Crippen LogP contribution < -0.4 is 4.90 Å². The highest BCUT2D eigenvalue weighted by Crippen LogP contribution is 2.30. The second kappa shape index (κ2) is 6.48. The molecule has 0 radical (unpaired) electrons. The summed E-state index contributed by atoms with van der Waals surface area (Å²) in [4.78, 5) is 21.6. The van der Waals surface area contributed by atoms with Crippen LogP contribution in [0.15, 0.2) is 30.5 Å². The van der Waals surface area contributed by atoms with Crippen molar-refractivity contribution in [3.8, 4) is 0 Å². The zero-order valence-corrected chi connectivity index (χ0v) is 15.3. The predicted octanol–water partition coefficient (Wildman–Crippen LogP) is 2.78. The van der Waals surface area contributed by atoms with Gasteiger partial charge in [0.25, 0.3) is 5.91 Å². The molecular weight excluding hydrogens is 334 g/mol. The number of hydrogen-bond acceptors (Lipinski definition) is 5. The summed E-state index contributed by atoms with van der Waals surface area (Å²) >= 11 is 1.73. The van der Waals surface area contributed by atoms with E-state index in [2.05, 4.69) is 35.1 Å². The monoisotopic (exact) mass is 355 g/mol. The highest BCUT2D eigenvalue weighted by Gasteiger charge is 2.25. The van der Waals surface area contributed by atoms with Crippen molar-refractivity contribution in [3.05, 3.63) is 41.7 Å². The van der Waals surface area contributed by atoms with Crippen LogP contribution in [0.2, 0.25) is 0 Å². The van der Waals surface area contributed by atoms with E-state index in [1.807, 2.05) is 11.8 Å². The lowest BCUT2D eigenvalue weighted by Crippen LogP contribution is -2.49. The maximum atomic E-state index is 12.7. The first kappa shape index (κ1) is 16.1. The number of carbonyl (C=O) groups is 1. The summed E-state index contributed by atoms with van der Waals surface area (Å²) in [5, 5.41) is 5.24. The molecule has 0 saturated carbocycles. The summed E-state index contributed by atoms with van der Waals surface area (Å²) in [6.07, 6.45) is 1.69. The third-order valence-electron chi connectivity index (χ3n) is 4.61. The average molecular weight is 355 g/mol. The standard InChI is InChI=1S/C18H21N5OS/c1-3-23-15(6-7-19-23)17(24)21-8-10-22(11-9-21)18-20-14-5-4-13(2)12-16(14)25-18/h4-7,12H,3,8-11H2,1-2H3.